The van der Waals surface area contributed by atoms with Gasteiger partial charge in [0, 0.05) is 18.9 Å². The highest BCUT2D eigenvalue weighted by Gasteiger charge is 2.01. The van der Waals surface area contributed by atoms with Gasteiger partial charge in [-0.2, -0.15) is 0 Å². The number of nitrogens with one attached hydrogen (secondary N) is 1. The number of amides is 1. The van der Waals surface area contributed by atoms with Gasteiger partial charge in [-0.3, -0.25) is 9.78 Å². The van der Waals surface area contributed by atoms with Crippen molar-refractivity contribution in [2.45, 2.75) is 0 Å². The fourth-order valence-corrected chi connectivity index (χ4v) is 0.596. The van der Waals surface area contributed by atoms with Crippen LogP contribution in [0.25, 0.3) is 0 Å². The molecule has 2 N–H and O–H groups in total. The van der Waals surface area contributed by atoms with Crippen molar-refractivity contribution in [2.24, 2.45) is 0 Å². The van der Waals surface area contributed by atoms with Gasteiger partial charge >= 0.3 is 0 Å². The van der Waals surface area contributed by atoms with Crippen molar-refractivity contribution in [1.82, 2.24) is 10.3 Å². The second-order valence-corrected chi connectivity index (χ2v) is 1.94. The first-order valence-corrected chi connectivity index (χ1v) is 3.32. The number of hydrogen-bond donors (Lipinski definition) is 2. The van der Waals surface area contributed by atoms with Crippen LogP contribution in [0.3, 0.4) is 0 Å². The Labute approximate surface area is 75.9 Å². The van der Waals surface area contributed by atoms with Gasteiger partial charge in [0.2, 0.25) is 0 Å². The summed E-state index contributed by atoms with van der Waals surface area (Å²) in [4.78, 5) is 14.8. The van der Waals surface area contributed by atoms with E-state index in [1.54, 1.807) is 0 Å². The van der Waals surface area contributed by atoms with E-state index in [2.05, 4.69) is 10.3 Å². The zero-order valence-electron chi connectivity index (χ0n) is 10.2. The van der Waals surface area contributed by atoms with Gasteiger partial charge in [0.1, 0.15) is 0 Å². The van der Waals surface area contributed by atoms with Crippen LogP contribution in [0.5, 0.6) is 0 Å². The summed E-state index contributed by atoms with van der Waals surface area (Å²) in [5, 5.41) is 10.8. The van der Waals surface area contributed by atoms with E-state index in [9.17, 15) is 4.79 Å². The number of nitrogens with zero attached hydrogens (tertiary/aromatic N) is 1. The SMILES string of the molecule is [2H]c1nc([2H])c(C(=O)NCCO)c([2H])c1[2H]. The molecule has 0 spiro atoms. The Morgan fingerprint density at radius 1 is 1.83 bits per heavy atom. The van der Waals surface area contributed by atoms with Crippen LogP contribution in [0.4, 0.5) is 0 Å². The lowest BCUT2D eigenvalue weighted by Crippen LogP contribution is -2.26. The predicted molar refractivity (Wildman–Crippen MR) is 43.7 cm³/mol. The molecule has 0 aliphatic carbocycles. The van der Waals surface area contributed by atoms with Crippen molar-refractivity contribution in [2.75, 3.05) is 13.2 Å². The smallest absolute Gasteiger partial charge is 0.252 e. The molecule has 0 aliphatic heterocycles. The zero-order valence-corrected chi connectivity index (χ0v) is 6.22. The Morgan fingerprint density at radius 3 is 3.42 bits per heavy atom. The maximum atomic E-state index is 11.5. The minimum Gasteiger partial charge on any atom is -0.395 e. The quantitative estimate of drug-likeness (QED) is 0.660. The van der Waals surface area contributed by atoms with E-state index in [0.717, 1.165) is 0 Å². The summed E-state index contributed by atoms with van der Waals surface area (Å²) in [6.45, 7) is -0.266. The van der Waals surface area contributed by atoms with Gasteiger partial charge in [-0.1, -0.05) is 0 Å². The summed E-state index contributed by atoms with van der Waals surface area (Å²) >= 11 is 0. The van der Waals surface area contributed by atoms with Gasteiger partial charge in [0.15, 0.2) is 0 Å². The molecule has 1 amide bonds. The van der Waals surface area contributed by atoms with Crippen LogP contribution in [0.2, 0.25) is 0 Å². The molecule has 1 rings (SSSR count). The highest BCUT2D eigenvalue weighted by molar-refractivity contribution is 5.93. The van der Waals surface area contributed by atoms with Gasteiger partial charge < -0.3 is 10.4 Å². The van der Waals surface area contributed by atoms with Gasteiger partial charge in [-0.25, -0.2) is 0 Å². The van der Waals surface area contributed by atoms with E-state index in [0.29, 0.717) is 0 Å². The molecule has 0 fully saturated rings. The number of rotatable bonds is 3. The van der Waals surface area contributed by atoms with E-state index in [1.807, 2.05) is 0 Å². The summed E-state index contributed by atoms with van der Waals surface area (Å²) in [6.07, 6.45) is -1.02. The summed E-state index contributed by atoms with van der Waals surface area (Å²) in [6, 6.07) is -0.995. The normalized spacial score (nSPS) is 14.1. The number of pyridine rings is 1. The number of hydrogen-bond acceptors (Lipinski definition) is 3. The Hall–Kier alpha value is -1.42. The Balaban J connectivity index is 3.13. The zero-order chi connectivity index (χ0) is 12.3. The van der Waals surface area contributed by atoms with Crippen molar-refractivity contribution in [3.63, 3.8) is 0 Å². The fourth-order valence-electron chi connectivity index (χ4n) is 0.596. The fraction of sp³-hybridized carbons (Fsp3) is 0.250. The van der Waals surface area contributed by atoms with Crippen LogP contribution in [0.1, 0.15) is 15.8 Å². The van der Waals surface area contributed by atoms with E-state index in [1.165, 1.54) is 0 Å². The highest BCUT2D eigenvalue weighted by Crippen LogP contribution is 1.93. The number of carbonyl (C=O) groups excluding carboxylic acids is 1. The maximum Gasteiger partial charge on any atom is 0.252 e. The molecular formula is C8H10N2O2. The van der Waals surface area contributed by atoms with Gasteiger partial charge in [0.05, 0.1) is 17.7 Å². The summed E-state index contributed by atoms with van der Waals surface area (Å²) in [5.74, 6) is -0.745. The van der Waals surface area contributed by atoms with Crippen molar-refractivity contribution in [1.29, 1.82) is 0 Å². The molecule has 1 aromatic rings. The minimum atomic E-state index is -0.745. The Morgan fingerprint density at radius 2 is 2.67 bits per heavy atom. The molecule has 0 atom stereocenters. The van der Waals surface area contributed by atoms with Gasteiger partial charge in [-0.15, -0.1) is 0 Å². The van der Waals surface area contributed by atoms with Crippen LogP contribution in [-0.4, -0.2) is 29.1 Å². The topological polar surface area (TPSA) is 62.2 Å². The Kier molecular flexibility index (Phi) is 1.70. The second-order valence-electron chi connectivity index (χ2n) is 1.94. The number of aliphatic hydroxyl groups excluding tert-OH is 1. The first-order valence-electron chi connectivity index (χ1n) is 5.32. The predicted octanol–water partition coefficient (Wildman–Crippen LogP) is -0.196. The number of carbonyl (C=O) groups is 1. The monoisotopic (exact) mass is 170 g/mol. The molecule has 0 aliphatic rings. The molecule has 0 unspecified atom stereocenters. The largest absolute Gasteiger partial charge is 0.395 e. The maximum absolute atomic E-state index is 11.5. The molecule has 0 saturated heterocycles. The number of aliphatic hydroxyl groups is 1. The van der Waals surface area contributed by atoms with Gasteiger partial charge in [-0.05, 0) is 12.1 Å². The minimum absolute atomic E-state index is 0.00628. The average Bonchev–Trinajstić information content (AvgIpc) is 2.23. The van der Waals surface area contributed by atoms with Crippen molar-refractivity contribution < 1.29 is 15.4 Å². The lowest BCUT2D eigenvalue weighted by atomic mass is 10.3. The molecular weight excluding hydrogens is 156 g/mol. The van der Waals surface area contributed by atoms with Crippen molar-refractivity contribution >= 4 is 5.91 Å². The van der Waals surface area contributed by atoms with Crippen LogP contribution in [-0.2, 0) is 0 Å². The van der Waals surface area contributed by atoms with Crippen molar-refractivity contribution in [3.05, 3.63) is 30.0 Å². The average molecular weight is 170 g/mol. The molecule has 12 heavy (non-hydrogen) atoms. The summed E-state index contributed by atoms with van der Waals surface area (Å²) < 4.78 is 29.3. The first-order chi connectivity index (χ1) is 7.49. The third-order valence-corrected chi connectivity index (χ3v) is 1.09. The molecule has 4 nitrogen and oxygen atoms in total. The third-order valence-electron chi connectivity index (χ3n) is 1.09. The lowest BCUT2D eigenvalue weighted by Gasteiger charge is -2.00. The van der Waals surface area contributed by atoms with Crippen molar-refractivity contribution in [3.8, 4) is 0 Å². The van der Waals surface area contributed by atoms with E-state index >= 15 is 0 Å². The standard InChI is InChI=1S/C8H10N2O2/c11-5-4-10-8(12)7-2-1-3-9-6-7/h1-3,6,11H,4-5H2,(H,10,12)/i1D,2D,3D,6D. The van der Waals surface area contributed by atoms with Crippen LogP contribution in [0, 0.1) is 0 Å². The van der Waals surface area contributed by atoms with Crippen LogP contribution >= 0.6 is 0 Å². The second kappa shape index (κ2) is 4.46. The molecule has 1 heterocycles. The van der Waals surface area contributed by atoms with E-state index < -0.39 is 30.3 Å². The van der Waals surface area contributed by atoms with E-state index in [-0.39, 0.29) is 18.7 Å². The molecule has 64 valence electrons. The third kappa shape index (κ3) is 2.32. The van der Waals surface area contributed by atoms with Crippen LogP contribution < -0.4 is 5.32 Å². The summed E-state index contributed by atoms with van der Waals surface area (Å²) in [7, 11) is 0. The molecule has 0 bridgehead atoms. The number of aromatic nitrogens is 1. The lowest BCUT2D eigenvalue weighted by molar-refractivity contribution is 0.0944. The van der Waals surface area contributed by atoms with E-state index in [4.69, 9.17) is 10.6 Å². The Bertz CT molecular complexity index is 425. The first kappa shape index (κ1) is 4.57. The molecule has 1 aromatic heterocycles. The van der Waals surface area contributed by atoms with Gasteiger partial charge in [0.25, 0.3) is 5.91 Å². The molecule has 4 heteroatoms. The molecule has 0 saturated carbocycles. The summed E-state index contributed by atoms with van der Waals surface area (Å²) in [5.41, 5.74) is -0.352. The molecule has 0 aromatic carbocycles. The molecule has 0 radical (unpaired) electrons. The highest BCUT2D eigenvalue weighted by atomic mass is 16.3. The van der Waals surface area contributed by atoms with Crippen LogP contribution in [0.15, 0.2) is 24.4 Å².